The molecule has 0 amide bonds. The third kappa shape index (κ3) is 2.53. The van der Waals surface area contributed by atoms with Crippen molar-refractivity contribution in [3.63, 3.8) is 0 Å². The molecule has 4 nitrogen and oxygen atoms in total. The second kappa shape index (κ2) is 5.90. The van der Waals surface area contributed by atoms with Gasteiger partial charge in [-0.15, -0.1) is 0 Å². The van der Waals surface area contributed by atoms with E-state index in [0.717, 1.165) is 24.1 Å². The van der Waals surface area contributed by atoms with E-state index < -0.39 is 0 Å². The van der Waals surface area contributed by atoms with Crippen LogP contribution in [-0.4, -0.2) is 12.6 Å². The van der Waals surface area contributed by atoms with E-state index in [1.807, 2.05) is 0 Å². The smallest absolute Gasteiger partial charge is 0.302 e. The maximum Gasteiger partial charge on any atom is 0.302 e. The van der Waals surface area contributed by atoms with Crippen LogP contribution in [0.15, 0.2) is 41.6 Å². The van der Waals surface area contributed by atoms with Gasteiger partial charge in [0.25, 0.3) is 0 Å². The fraction of sp³-hybridized carbons (Fsp3) is 0.450. The highest BCUT2D eigenvalue weighted by molar-refractivity contribution is 5.68. The first-order chi connectivity index (χ1) is 11.7. The number of benzene rings is 1. The predicted molar refractivity (Wildman–Crippen MR) is 95.3 cm³/mol. The Morgan fingerprint density at radius 2 is 2.08 bits per heavy atom. The van der Waals surface area contributed by atoms with Crippen molar-refractivity contribution in [2.75, 3.05) is 6.61 Å². The first kappa shape index (κ1) is 17.5. The molecule has 25 heavy (non-hydrogen) atoms. The minimum absolute atomic E-state index is 0.141. The topological polar surface area (TPSA) is 78.3 Å². The van der Waals surface area contributed by atoms with Crippen LogP contribution in [0, 0.1) is 22.6 Å². The van der Waals surface area contributed by atoms with Crippen LogP contribution >= 0.6 is 0 Å². The quantitative estimate of drug-likeness (QED) is 0.821. The number of hydrogen-bond acceptors (Lipinski definition) is 4. The Morgan fingerprint density at radius 1 is 1.40 bits per heavy atom. The van der Waals surface area contributed by atoms with E-state index >= 15 is 0 Å². The zero-order chi connectivity index (χ0) is 18.4. The second-order valence-electron chi connectivity index (χ2n) is 7.57. The molecule has 0 aromatic heterocycles. The van der Waals surface area contributed by atoms with Gasteiger partial charge in [-0.2, -0.15) is 0 Å². The number of esters is 1. The summed E-state index contributed by atoms with van der Waals surface area (Å²) in [6, 6.07) is 6.43. The van der Waals surface area contributed by atoms with Gasteiger partial charge in [0, 0.05) is 34.7 Å². The minimum atomic E-state index is -0.354. The minimum Gasteiger partial charge on any atom is -0.465 e. The Balaban J connectivity index is 1.98. The highest BCUT2D eigenvalue weighted by Crippen LogP contribution is 2.67. The molecule has 0 radical (unpaired) electrons. The normalized spacial score (nSPS) is 31.5. The number of nitrogens with two attached hydrogens (primary N) is 2. The zero-order valence-electron chi connectivity index (χ0n) is 14.9. The first-order valence-electron chi connectivity index (χ1n) is 8.56. The van der Waals surface area contributed by atoms with Crippen LogP contribution in [0.25, 0.3) is 5.70 Å². The van der Waals surface area contributed by atoms with Gasteiger partial charge in [0.1, 0.15) is 5.82 Å². The van der Waals surface area contributed by atoms with E-state index in [1.54, 1.807) is 24.3 Å². The van der Waals surface area contributed by atoms with Gasteiger partial charge in [0.15, 0.2) is 0 Å². The van der Waals surface area contributed by atoms with Gasteiger partial charge < -0.3 is 16.2 Å². The molecular formula is C20H25FN2O2. The lowest BCUT2D eigenvalue weighted by molar-refractivity contribution is -0.146. The van der Waals surface area contributed by atoms with Gasteiger partial charge in [-0.05, 0) is 42.5 Å². The molecule has 5 heteroatoms. The fourth-order valence-electron chi connectivity index (χ4n) is 4.50. The molecule has 2 bridgehead atoms. The van der Waals surface area contributed by atoms with Crippen LogP contribution in [0.5, 0.6) is 0 Å². The third-order valence-electron chi connectivity index (χ3n) is 6.31. The van der Waals surface area contributed by atoms with Crippen molar-refractivity contribution in [2.45, 2.75) is 33.6 Å². The highest BCUT2D eigenvalue weighted by atomic mass is 19.1. The molecule has 3 atom stereocenters. The summed E-state index contributed by atoms with van der Waals surface area (Å²) in [5.74, 6) is -0.507. The number of halogens is 1. The summed E-state index contributed by atoms with van der Waals surface area (Å²) in [7, 11) is 0. The standard InChI is InChI=1S/C20H25FN2O2/c1-12(24)25-11-20(3)15-8-9-19(20,2)18(23)14(15)10-17(22)13-6-4-5-7-16(13)21/h4-7,10,15H,8-9,11,22-23H2,1-3H3/b17-10-. The van der Waals surface area contributed by atoms with Crippen molar-refractivity contribution in [1.82, 2.24) is 0 Å². The van der Waals surface area contributed by atoms with Crippen molar-refractivity contribution in [3.8, 4) is 0 Å². The number of ether oxygens (including phenoxy) is 1. The molecule has 1 saturated carbocycles. The van der Waals surface area contributed by atoms with Crippen molar-refractivity contribution in [2.24, 2.45) is 28.2 Å². The Kier molecular flexibility index (Phi) is 4.13. The van der Waals surface area contributed by atoms with Crippen molar-refractivity contribution in [3.05, 3.63) is 53.0 Å². The monoisotopic (exact) mass is 344 g/mol. The maximum absolute atomic E-state index is 14.0. The molecule has 3 rings (SSSR count). The van der Waals surface area contributed by atoms with Crippen LogP contribution in [0.4, 0.5) is 4.39 Å². The molecular weight excluding hydrogens is 319 g/mol. The summed E-state index contributed by atoms with van der Waals surface area (Å²) in [6.45, 7) is 5.96. The lowest BCUT2D eigenvalue weighted by Gasteiger charge is -2.38. The molecule has 134 valence electrons. The van der Waals surface area contributed by atoms with Crippen LogP contribution < -0.4 is 11.5 Å². The Hall–Kier alpha value is -2.30. The van der Waals surface area contributed by atoms with E-state index in [-0.39, 0.29) is 28.5 Å². The second-order valence-corrected chi connectivity index (χ2v) is 7.57. The molecule has 1 fully saturated rings. The molecule has 0 spiro atoms. The maximum atomic E-state index is 14.0. The molecule has 1 aromatic rings. The van der Waals surface area contributed by atoms with Crippen LogP contribution in [0.3, 0.4) is 0 Å². The number of carbonyl (C=O) groups excluding carboxylic acids is 1. The average Bonchev–Trinajstić information content (AvgIpc) is 2.90. The highest BCUT2D eigenvalue weighted by Gasteiger charge is 2.62. The molecule has 2 aliphatic carbocycles. The lowest BCUT2D eigenvalue weighted by Crippen LogP contribution is -2.39. The molecule has 0 aliphatic heterocycles. The number of hydrogen-bond donors (Lipinski definition) is 2. The van der Waals surface area contributed by atoms with Crippen LogP contribution in [-0.2, 0) is 9.53 Å². The first-order valence-corrected chi connectivity index (χ1v) is 8.56. The van der Waals surface area contributed by atoms with Crippen LogP contribution in [0.1, 0.15) is 39.2 Å². The molecule has 1 aromatic carbocycles. The van der Waals surface area contributed by atoms with Crippen molar-refractivity contribution < 1.29 is 13.9 Å². The van der Waals surface area contributed by atoms with Crippen molar-refractivity contribution >= 4 is 11.7 Å². The Morgan fingerprint density at radius 3 is 2.72 bits per heavy atom. The molecule has 3 unspecified atom stereocenters. The molecule has 0 saturated heterocycles. The molecule has 4 N–H and O–H groups in total. The summed E-state index contributed by atoms with van der Waals surface area (Å²) in [6.07, 6.45) is 3.69. The zero-order valence-corrected chi connectivity index (χ0v) is 14.9. The Bertz CT molecular complexity index is 786. The summed E-state index contributed by atoms with van der Waals surface area (Å²) in [5.41, 5.74) is 14.6. The van der Waals surface area contributed by atoms with Crippen molar-refractivity contribution in [1.29, 1.82) is 0 Å². The average molecular weight is 344 g/mol. The van der Waals surface area contributed by atoms with E-state index in [9.17, 15) is 9.18 Å². The van der Waals surface area contributed by atoms with E-state index in [4.69, 9.17) is 16.2 Å². The van der Waals surface area contributed by atoms with Gasteiger partial charge in [0.2, 0.25) is 0 Å². The molecule has 2 aliphatic rings. The fourth-order valence-corrected chi connectivity index (χ4v) is 4.50. The van der Waals surface area contributed by atoms with Crippen LogP contribution in [0.2, 0.25) is 0 Å². The van der Waals surface area contributed by atoms with E-state index in [2.05, 4.69) is 13.8 Å². The SMILES string of the molecule is CC(=O)OCC1(C)C2CCC1(C)C(N)=C2/C=C(\N)c1ccccc1F. The summed E-state index contributed by atoms with van der Waals surface area (Å²) < 4.78 is 19.4. The summed E-state index contributed by atoms with van der Waals surface area (Å²) in [5, 5.41) is 0. The largest absolute Gasteiger partial charge is 0.465 e. The van der Waals surface area contributed by atoms with E-state index in [0.29, 0.717) is 17.9 Å². The summed E-state index contributed by atoms with van der Waals surface area (Å²) in [4.78, 5) is 11.3. The molecule has 0 heterocycles. The van der Waals surface area contributed by atoms with Gasteiger partial charge >= 0.3 is 5.97 Å². The number of carbonyl (C=O) groups is 1. The van der Waals surface area contributed by atoms with Gasteiger partial charge in [0.05, 0.1) is 6.61 Å². The summed E-state index contributed by atoms with van der Waals surface area (Å²) >= 11 is 0. The van der Waals surface area contributed by atoms with Gasteiger partial charge in [-0.25, -0.2) is 4.39 Å². The van der Waals surface area contributed by atoms with Gasteiger partial charge in [-0.3, -0.25) is 4.79 Å². The third-order valence-corrected chi connectivity index (χ3v) is 6.31. The number of rotatable bonds is 4. The van der Waals surface area contributed by atoms with Gasteiger partial charge in [-0.1, -0.05) is 26.0 Å². The number of allylic oxidation sites excluding steroid dienone is 3. The van der Waals surface area contributed by atoms with E-state index in [1.165, 1.54) is 13.0 Å². The number of fused-ring (bicyclic) bond motifs is 2. The predicted octanol–water partition coefficient (Wildman–Crippen LogP) is 3.34. The Labute approximate surface area is 147 Å². The lowest BCUT2D eigenvalue weighted by atomic mass is 9.68.